The molecule has 0 aliphatic rings. The highest BCUT2D eigenvalue weighted by Gasteiger charge is 2.08. The number of halogens is 1. The number of thiazole rings is 1. The summed E-state index contributed by atoms with van der Waals surface area (Å²) >= 11 is 7.69. The monoisotopic (exact) mass is 325 g/mol. The van der Waals surface area contributed by atoms with Crippen LogP contribution in [0.5, 0.6) is 0 Å². The molecule has 2 rings (SSSR count). The van der Waals surface area contributed by atoms with Crippen molar-refractivity contribution in [3.8, 4) is 0 Å². The first kappa shape index (κ1) is 16.5. The number of benzene rings is 1. The third kappa shape index (κ3) is 4.83. The van der Waals surface area contributed by atoms with E-state index in [1.54, 1.807) is 11.3 Å². The summed E-state index contributed by atoms with van der Waals surface area (Å²) in [7, 11) is 0. The lowest BCUT2D eigenvalue weighted by Crippen LogP contribution is -2.25. The quantitative estimate of drug-likeness (QED) is 0.750. The van der Waals surface area contributed by atoms with Gasteiger partial charge >= 0.3 is 0 Å². The Morgan fingerprint density at radius 1 is 1.33 bits per heavy atom. The molecule has 1 aromatic heterocycles. The third-order valence-corrected chi connectivity index (χ3v) is 4.93. The molecule has 2 aromatic rings. The number of nitrogens with one attached hydrogen (secondary N) is 1. The SMILES string of the molecule is CCN(CC)CCCC(C)Nc1nc2cc(Cl)ccc2s1. The maximum absolute atomic E-state index is 6.00. The van der Waals surface area contributed by atoms with Crippen LogP contribution < -0.4 is 5.32 Å². The molecule has 0 saturated carbocycles. The summed E-state index contributed by atoms with van der Waals surface area (Å²) in [5.74, 6) is 0. The van der Waals surface area contributed by atoms with E-state index >= 15 is 0 Å². The van der Waals surface area contributed by atoms with Crippen LogP contribution in [-0.2, 0) is 0 Å². The predicted octanol–water partition coefficient (Wildman–Crippen LogP) is 4.87. The fraction of sp³-hybridized carbons (Fsp3) is 0.562. The zero-order valence-corrected chi connectivity index (χ0v) is 14.6. The second kappa shape index (κ2) is 7.97. The van der Waals surface area contributed by atoms with Crippen molar-refractivity contribution in [1.29, 1.82) is 0 Å². The molecular formula is C16H24ClN3S. The molecule has 1 heterocycles. The second-order valence-corrected chi connectivity index (χ2v) is 6.81. The van der Waals surface area contributed by atoms with Gasteiger partial charge in [0.05, 0.1) is 10.2 Å². The first-order valence-electron chi connectivity index (χ1n) is 7.67. The number of rotatable bonds is 8. The van der Waals surface area contributed by atoms with E-state index in [2.05, 4.69) is 36.0 Å². The van der Waals surface area contributed by atoms with Crippen LogP contribution in [0.25, 0.3) is 10.2 Å². The Labute approximate surface area is 136 Å². The molecule has 0 fully saturated rings. The maximum atomic E-state index is 6.00. The van der Waals surface area contributed by atoms with Crippen molar-refractivity contribution < 1.29 is 0 Å². The van der Waals surface area contributed by atoms with Crippen molar-refractivity contribution in [2.24, 2.45) is 0 Å². The summed E-state index contributed by atoms with van der Waals surface area (Å²) in [6.07, 6.45) is 2.37. The van der Waals surface area contributed by atoms with Gasteiger partial charge in [-0.1, -0.05) is 36.8 Å². The minimum atomic E-state index is 0.441. The molecule has 1 N–H and O–H groups in total. The van der Waals surface area contributed by atoms with Crippen molar-refractivity contribution in [2.75, 3.05) is 25.0 Å². The third-order valence-electron chi connectivity index (χ3n) is 3.73. The Bertz CT molecular complexity index is 566. The molecular weight excluding hydrogens is 302 g/mol. The second-order valence-electron chi connectivity index (χ2n) is 5.35. The molecule has 0 bridgehead atoms. The molecule has 0 saturated heterocycles. The number of anilines is 1. The molecule has 1 unspecified atom stereocenters. The van der Waals surface area contributed by atoms with Crippen molar-refractivity contribution >= 4 is 38.3 Å². The Balaban J connectivity index is 1.85. The van der Waals surface area contributed by atoms with Crippen molar-refractivity contribution in [1.82, 2.24) is 9.88 Å². The summed E-state index contributed by atoms with van der Waals surface area (Å²) in [6, 6.07) is 6.31. The summed E-state index contributed by atoms with van der Waals surface area (Å²) in [4.78, 5) is 7.07. The Morgan fingerprint density at radius 3 is 2.81 bits per heavy atom. The van der Waals surface area contributed by atoms with E-state index in [0.717, 1.165) is 35.2 Å². The minimum absolute atomic E-state index is 0.441. The maximum Gasteiger partial charge on any atom is 0.183 e. The molecule has 21 heavy (non-hydrogen) atoms. The molecule has 5 heteroatoms. The molecule has 0 aliphatic carbocycles. The Morgan fingerprint density at radius 2 is 2.10 bits per heavy atom. The van der Waals surface area contributed by atoms with Gasteiger partial charge < -0.3 is 10.2 Å². The molecule has 0 amide bonds. The predicted molar refractivity (Wildman–Crippen MR) is 94.7 cm³/mol. The number of fused-ring (bicyclic) bond motifs is 1. The van der Waals surface area contributed by atoms with Crippen LogP contribution in [0, 0.1) is 0 Å². The zero-order chi connectivity index (χ0) is 15.2. The molecule has 1 aromatic carbocycles. The highest BCUT2D eigenvalue weighted by Crippen LogP contribution is 2.28. The summed E-state index contributed by atoms with van der Waals surface area (Å²) in [5, 5.41) is 5.24. The van der Waals surface area contributed by atoms with Crippen LogP contribution in [0.15, 0.2) is 18.2 Å². The van der Waals surface area contributed by atoms with Crippen LogP contribution in [-0.4, -0.2) is 35.6 Å². The fourth-order valence-corrected chi connectivity index (χ4v) is 3.53. The van der Waals surface area contributed by atoms with Crippen molar-refractivity contribution in [3.63, 3.8) is 0 Å². The smallest absolute Gasteiger partial charge is 0.183 e. The van der Waals surface area contributed by atoms with Crippen LogP contribution in [0.1, 0.15) is 33.6 Å². The summed E-state index contributed by atoms with van der Waals surface area (Å²) < 4.78 is 1.18. The Kier molecular flexibility index (Phi) is 6.27. The summed E-state index contributed by atoms with van der Waals surface area (Å²) in [5.41, 5.74) is 0.977. The van der Waals surface area contributed by atoms with Gasteiger partial charge in [0.1, 0.15) is 0 Å². The van der Waals surface area contributed by atoms with Crippen LogP contribution in [0.2, 0.25) is 5.02 Å². The lowest BCUT2D eigenvalue weighted by atomic mass is 10.2. The minimum Gasteiger partial charge on any atom is -0.359 e. The van der Waals surface area contributed by atoms with Crippen LogP contribution in [0.4, 0.5) is 5.13 Å². The van der Waals surface area contributed by atoms with Crippen LogP contribution >= 0.6 is 22.9 Å². The molecule has 116 valence electrons. The van der Waals surface area contributed by atoms with Gasteiger partial charge in [-0.25, -0.2) is 4.98 Å². The van der Waals surface area contributed by atoms with Crippen molar-refractivity contribution in [3.05, 3.63) is 23.2 Å². The number of hydrogen-bond donors (Lipinski definition) is 1. The number of nitrogens with zero attached hydrogens (tertiary/aromatic N) is 2. The van der Waals surface area contributed by atoms with Gasteiger partial charge in [-0.15, -0.1) is 0 Å². The number of aromatic nitrogens is 1. The zero-order valence-electron chi connectivity index (χ0n) is 13.0. The first-order chi connectivity index (χ1) is 10.1. The van der Waals surface area contributed by atoms with Gasteiger partial charge in [0, 0.05) is 11.1 Å². The molecule has 0 radical (unpaired) electrons. The average molecular weight is 326 g/mol. The van der Waals surface area contributed by atoms with E-state index in [1.165, 1.54) is 17.7 Å². The lowest BCUT2D eigenvalue weighted by molar-refractivity contribution is 0.295. The Hall–Kier alpha value is -0.840. The van der Waals surface area contributed by atoms with E-state index in [9.17, 15) is 0 Å². The molecule has 1 atom stereocenters. The highest BCUT2D eigenvalue weighted by molar-refractivity contribution is 7.22. The standard InChI is InChI=1S/C16H24ClN3S/c1-4-20(5-2)10-6-7-12(3)18-16-19-14-11-13(17)8-9-15(14)21-16/h8-9,11-12H,4-7,10H2,1-3H3,(H,18,19). The van der Waals surface area contributed by atoms with Gasteiger partial charge in [-0.3, -0.25) is 0 Å². The lowest BCUT2D eigenvalue weighted by Gasteiger charge is -2.19. The van der Waals surface area contributed by atoms with Gasteiger partial charge in [0.2, 0.25) is 0 Å². The summed E-state index contributed by atoms with van der Waals surface area (Å²) in [6.45, 7) is 10.1. The largest absolute Gasteiger partial charge is 0.359 e. The van der Waals surface area contributed by atoms with Gasteiger partial charge in [-0.05, 0) is 57.6 Å². The highest BCUT2D eigenvalue weighted by atomic mass is 35.5. The fourth-order valence-electron chi connectivity index (χ4n) is 2.41. The molecule has 0 aliphatic heterocycles. The topological polar surface area (TPSA) is 28.2 Å². The van der Waals surface area contributed by atoms with E-state index in [4.69, 9.17) is 11.6 Å². The molecule has 3 nitrogen and oxygen atoms in total. The van der Waals surface area contributed by atoms with E-state index in [0.29, 0.717) is 6.04 Å². The number of hydrogen-bond acceptors (Lipinski definition) is 4. The van der Waals surface area contributed by atoms with Crippen molar-refractivity contribution in [2.45, 2.75) is 39.7 Å². The van der Waals surface area contributed by atoms with E-state index < -0.39 is 0 Å². The average Bonchev–Trinajstić information content (AvgIpc) is 2.84. The van der Waals surface area contributed by atoms with E-state index in [1.807, 2.05) is 18.2 Å². The molecule has 0 spiro atoms. The van der Waals surface area contributed by atoms with Gasteiger partial charge in [-0.2, -0.15) is 0 Å². The van der Waals surface area contributed by atoms with Gasteiger partial charge in [0.25, 0.3) is 0 Å². The normalized spacial score (nSPS) is 13.0. The van der Waals surface area contributed by atoms with Crippen LogP contribution in [0.3, 0.4) is 0 Å². The van der Waals surface area contributed by atoms with Gasteiger partial charge in [0.15, 0.2) is 5.13 Å². The van der Waals surface area contributed by atoms with E-state index in [-0.39, 0.29) is 0 Å². The first-order valence-corrected chi connectivity index (χ1v) is 8.86.